The first-order chi connectivity index (χ1) is 22.3. The van der Waals surface area contributed by atoms with E-state index in [-0.39, 0.29) is 11.5 Å². The van der Waals surface area contributed by atoms with E-state index in [1.54, 1.807) is 16.6 Å². The summed E-state index contributed by atoms with van der Waals surface area (Å²) in [5, 5.41) is 2.64. The summed E-state index contributed by atoms with van der Waals surface area (Å²) in [6, 6.07) is 26.3. The van der Waals surface area contributed by atoms with E-state index in [4.69, 9.17) is 26.1 Å². The third-order valence-electron chi connectivity index (χ3n) is 8.25. The van der Waals surface area contributed by atoms with Crippen molar-refractivity contribution in [2.24, 2.45) is 4.99 Å². The third-order valence-corrected chi connectivity index (χ3v) is 9.48. The number of aromatic nitrogens is 1. The van der Waals surface area contributed by atoms with Crippen molar-refractivity contribution in [1.29, 1.82) is 0 Å². The molecular formula is C37H34ClN3O4S. The van der Waals surface area contributed by atoms with Crippen molar-refractivity contribution in [3.8, 4) is 11.5 Å². The van der Waals surface area contributed by atoms with Gasteiger partial charge >= 0.3 is 0 Å². The molecule has 0 bridgehead atoms. The molecule has 0 fully saturated rings. The van der Waals surface area contributed by atoms with Crippen LogP contribution in [-0.4, -0.2) is 35.6 Å². The molecule has 1 atom stereocenters. The predicted molar refractivity (Wildman–Crippen MR) is 184 cm³/mol. The lowest BCUT2D eigenvalue weighted by molar-refractivity contribution is -0.127. The summed E-state index contributed by atoms with van der Waals surface area (Å²) in [5.41, 5.74) is 3.29. The molecule has 0 radical (unpaired) electrons. The molecule has 0 unspecified atom stereocenters. The highest BCUT2D eigenvalue weighted by molar-refractivity contribution is 7.07. The molecule has 0 N–H and O–H groups in total. The second-order valence-corrected chi connectivity index (χ2v) is 12.4. The van der Waals surface area contributed by atoms with Crippen LogP contribution in [-0.2, 0) is 11.4 Å². The quantitative estimate of drug-likeness (QED) is 0.183. The molecule has 1 amide bonds. The number of thiazole rings is 1. The van der Waals surface area contributed by atoms with Crippen molar-refractivity contribution < 1.29 is 14.3 Å². The molecule has 5 aromatic rings. The number of carbonyl (C=O) groups excluding carboxylic acids is 1. The standard InChI is InChI=1S/C37H34ClN3O4S/c1-5-40(6-2)36(43)33-23(3)39-37-41(34(33)28-13-9-10-14-30(28)44-4)35(42)32(46-37)21-29-27-12-8-7-11-25(27)17-20-31(29)45-22-24-15-18-26(38)19-16-24/h7-21,34H,5-6,22H2,1-4H3/b32-21+/t34-/m1/s1. The van der Waals surface area contributed by atoms with Crippen LogP contribution in [0.1, 0.15) is 43.5 Å². The second-order valence-electron chi connectivity index (χ2n) is 10.9. The van der Waals surface area contributed by atoms with Gasteiger partial charge in [0.1, 0.15) is 24.1 Å². The molecule has 6 rings (SSSR count). The lowest BCUT2D eigenvalue weighted by Gasteiger charge is -2.29. The smallest absolute Gasteiger partial charge is 0.271 e. The van der Waals surface area contributed by atoms with Gasteiger partial charge in [0.2, 0.25) is 0 Å². The Morgan fingerprint density at radius 2 is 1.70 bits per heavy atom. The summed E-state index contributed by atoms with van der Waals surface area (Å²) >= 11 is 7.38. The lowest BCUT2D eigenvalue weighted by atomic mass is 9.94. The number of amides is 1. The number of fused-ring (bicyclic) bond motifs is 2. The number of halogens is 1. The monoisotopic (exact) mass is 651 g/mol. The lowest BCUT2D eigenvalue weighted by Crippen LogP contribution is -2.43. The predicted octanol–water partition coefficient (Wildman–Crippen LogP) is 6.50. The molecule has 0 saturated heterocycles. The zero-order chi connectivity index (χ0) is 32.4. The van der Waals surface area contributed by atoms with E-state index in [2.05, 4.69) is 0 Å². The number of hydrogen-bond donors (Lipinski definition) is 0. The molecule has 7 nitrogen and oxygen atoms in total. The molecular weight excluding hydrogens is 618 g/mol. The van der Waals surface area contributed by atoms with Crippen LogP contribution in [0.2, 0.25) is 5.02 Å². The summed E-state index contributed by atoms with van der Waals surface area (Å²) in [7, 11) is 1.59. The Balaban J connectivity index is 1.55. The van der Waals surface area contributed by atoms with Crippen LogP contribution in [0.15, 0.2) is 106 Å². The number of rotatable bonds is 9. The number of para-hydroxylation sites is 1. The summed E-state index contributed by atoms with van der Waals surface area (Å²) in [4.78, 5) is 35.6. The van der Waals surface area contributed by atoms with Crippen LogP contribution >= 0.6 is 22.9 Å². The first-order valence-electron chi connectivity index (χ1n) is 15.2. The number of hydrogen-bond acceptors (Lipinski definition) is 6. The van der Waals surface area contributed by atoms with Crippen LogP contribution in [0.3, 0.4) is 0 Å². The van der Waals surface area contributed by atoms with Crippen LogP contribution in [0.25, 0.3) is 16.8 Å². The SMILES string of the molecule is CCN(CC)C(=O)C1=C(C)N=c2s/c(=C/c3c(OCc4ccc(Cl)cc4)ccc4ccccc34)c(=O)n2[C@@H]1c1ccccc1OC. The molecule has 234 valence electrons. The average Bonchev–Trinajstić information content (AvgIpc) is 3.38. The van der Waals surface area contributed by atoms with Gasteiger partial charge in [-0.3, -0.25) is 14.2 Å². The topological polar surface area (TPSA) is 73.1 Å². The fraction of sp³-hybridized carbons (Fsp3) is 0.216. The van der Waals surface area contributed by atoms with Crippen molar-refractivity contribution in [3.63, 3.8) is 0 Å². The van der Waals surface area contributed by atoms with E-state index in [1.165, 1.54) is 11.3 Å². The normalized spacial score (nSPS) is 14.6. The second kappa shape index (κ2) is 13.4. The Kier molecular flexibility index (Phi) is 9.10. The van der Waals surface area contributed by atoms with E-state index in [1.807, 2.05) is 112 Å². The van der Waals surface area contributed by atoms with Gasteiger partial charge in [-0.25, -0.2) is 4.99 Å². The number of allylic oxidation sites excluding steroid dienone is 1. The van der Waals surface area contributed by atoms with Crippen molar-refractivity contribution >= 4 is 45.7 Å². The van der Waals surface area contributed by atoms with Crippen LogP contribution in [0.5, 0.6) is 11.5 Å². The molecule has 0 saturated carbocycles. The van der Waals surface area contributed by atoms with Gasteiger partial charge in [-0.15, -0.1) is 0 Å². The maximum Gasteiger partial charge on any atom is 0.271 e. The van der Waals surface area contributed by atoms with Gasteiger partial charge in [0.25, 0.3) is 11.5 Å². The first kappa shape index (κ1) is 31.3. The van der Waals surface area contributed by atoms with Gasteiger partial charge in [-0.05, 0) is 67.4 Å². The molecule has 9 heteroatoms. The fourth-order valence-corrected chi connectivity index (χ4v) is 7.04. The highest BCUT2D eigenvalue weighted by Crippen LogP contribution is 2.36. The molecule has 46 heavy (non-hydrogen) atoms. The van der Waals surface area contributed by atoms with Crippen molar-refractivity contribution in [1.82, 2.24) is 9.47 Å². The number of benzene rings is 4. The summed E-state index contributed by atoms with van der Waals surface area (Å²) in [6.45, 7) is 7.14. The minimum absolute atomic E-state index is 0.150. The van der Waals surface area contributed by atoms with Crippen LogP contribution in [0.4, 0.5) is 0 Å². The largest absolute Gasteiger partial charge is 0.496 e. The molecule has 1 aromatic heterocycles. The Bertz CT molecular complexity index is 2150. The highest BCUT2D eigenvalue weighted by Gasteiger charge is 2.35. The van der Waals surface area contributed by atoms with E-state index in [0.717, 1.165) is 27.5 Å². The van der Waals surface area contributed by atoms with Crippen molar-refractivity contribution in [3.05, 3.63) is 138 Å². The van der Waals surface area contributed by atoms with E-state index in [0.29, 0.717) is 56.8 Å². The fourth-order valence-electron chi connectivity index (χ4n) is 5.89. The van der Waals surface area contributed by atoms with Gasteiger partial charge in [0, 0.05) is 29.2 Å². The third kappa shape index (κ3) is 5.86. The summed E-state index contributed by atoms with van der Waals surface area (Å²) < 4.78 is 14.2. The number of likely N-dealkylation sites (N-methyl/N-ethyl adjacent to an activating group) is 1. The van der Waals surface area contributed by atoms with Gasteiger partial charge in [0.05, 0.1) is 22.9 Å². The Morgan fingerprint density at radius 3 is 2.43 bits per heavy atom. The Hall–Kier alpha value is -4.66. The number of methoxy groups -OCH3 is 1. The zero-order valence-electron chi connectivity index (χ0n) is 26.1. The minimum atomic E-state index is -0.712. The highest BCUT2D eigenvalue weighted by atomic mass is 35.5. The Morgan fingerprint density at radius 1 is 0.978 bits per heavy atom. The van der Waals surface area contributed by atoms with Crippen LogP contribution in [0, 0.1) is 0 Å². The Labute approximate surface area is 276 Å². The molecule has 1 aliphatic rings. The molecule has 0 spiro atoms. The van der Waals surface area contributed by atoms with Crippen LogP contribution < -0.4 is 24.4 Å². The molecule has 2 heterocycles. The van der Waals surface area contributed by atoms with E-state index in [9.17, 15) is 9.59 Å². The first-order valence-corrected chi connectivity index (χ1v) is 16.4. The average molecular weight is 652 g/mol. The molecule has 0 aliphatic carbocycles. The summed E-state index contributed by atoms with van der Waals surface area (Å²) in [6.07, 6.45) is 1.88. The van der Waals surface area contributed by atoms with Crippen molar-refractivity contribution in [2.45, 2.75) is 33.4 Å². The van der Waals surface area contributed by atoms with Gasteiger partial charge in [-0.1, -0.05) is 83.6 Å². The van der Waals surface area contributed by atoms with Gasteiger partial charge < -0.3 is 14.4 Å². The number of nitrogens with zero attached hydrogens (tertiary/aromatic N) is 3. The molecule has 1 aliphatic heterocycles. The van der Waals surface area contributed by atoms with Crippen molar-refractivity contribution in [2.75, 3.05) is 20.2 Å². The zero-order valence-corrected chi connectivity index (χ0v) is 27.7. The minimum Gasteiger partial charge on any atom is -0.496 e. The van der Waals surface area contributed by atoms with E-state index < -0.39 is 6.04 Å². The van der Waals surface area contributed by atoms with Gasteiger partial charge in [0.15, 0.2) is 4.80 Å². The maximum absolute atomic E-state index is 14.5. The number of ether oxygens (including phenoxy) is 2. The maximum atomic E-state index is 14.5. The van der Waals surface area contributed by atoms with Gasteiger partial charge in [-0.2, -0.15) is 0 Å². The molecule has 4 aromatic carbocycles. The number of carbonyl (C=O) groups is 1. The van der Waals surface area contributed by atoms with E-state index >= 15 is 0 Å². The summed E-state index contributed by atoms with van der Waals surface area (Å²) in [5.74, 6) is 1.09.